The Kier molecular flexibility index (Phi) is 5.62. The predicted octanol–water partition coefficient (Wildman–Crippen LogP) is 4.18. The summed E-state index contributed by atoms with van der Waals surface area (Å²) in [6.45, 7) is 7.38. The second-order valence-electron chi connectivity index (χ2n) is 5.24. The molecule has 20 heavy (non-hydrogen) atoms. The van der Waals surface area contributed by atoms with E-state index in [2.05, 4.69) is 61.4 Å². The van der Waals surface area contributed by atoms with Crippen LogP contribution >= 0.6 is 11.8 Å². The molecule has 0 spiro atoms. The molecule has 0 saturated carbocycles. The molecule has 1 heterocycles. The number of hydrogen-bond donors (Lipinski definition) is 1. The van der Waals surface area contributed by atoms with Crippen LogP contribution in [0.1, 0.15) is 30.7 Å². The molecule has 0 bridgehead atoms. The first kappa shape index (κ1) is 15.1. The maximum Gasteiger partial charge on any atom is 0.0535 e. The molecule has 0 unspecified atom stereocenters. The molecule has 2 nitrogen and oxygen atoms in total. The van der Waals surface area contributed by atoms with Crippen molar-refractivity contribution in [1.29, 1.82) is 0 Å². The van der Waals surface area contributed by atoms with Gasteiger partial charge in [0.05, 0.1) is 5.69 Å². The number of aromatic nitrogens is 1. The summed E-state index contributed by atoms with van der Waals surface area (Å²) in [5, 5.41) is 3.43. The van der Waals surface area contributed by atoms with Gasteiger partial charge in [0, 0.05) is 29.4 Å². The Morgan fingerprint density at radius 3 is 2.55 bits per heavy atom. The lowest BCUT2D eigenvalue weighted by Gasteiger charge is -2.09. The second kappa shape index (κ2) is 7.46. The monoisotopic (exact) mass is 286 g/mol. The van der Waals surface area contributed by atoms with Gasteiger partial charge in [0.1, 0.15) is 0 Å². The minimum Gasteiger partial charge on any atom is -0.310 e. The number of thioether (sulfide) groups is 1. The van der Waals surface area contributed by atoms with E-state index in [1.807, 2.05) is 24.0 Å². The van der Waals surface area contributed by atoms with Gasteiger partial charge in [-0.15, -0.1) is 11.8 Å². The molecule has 106 valence electrons. The van der Waals surface area contributed by atoms with Crippen molar-refractivity contribution in [3.05, 3.63) is 59.4 Å². The fourth-order valence-electron chi connectivity index (χ4n) is 1.85. The van der Waals surface area contributed by atoms with Crippen LogP contribution in [0.15, 0.2) is 47.5 Å². The van der Waals surface area contributed by atoms with Gasteiger partial charge in [0.25, 0.3) is 0 Å². The van der Waals surface area contributed by atoms with Crippen LogP contribution < -0.4 is 5.32 Å². The molecule has 2 rings (SSSR count). The van der Waals surface area contributed by atoms with Crippen molar-refractivity contribution in [3.63, 3.8) is 0 Å². The van der Waals surface area contributed by atoms with Crippen molar-refractivity contribution in [2.45, 2.75) is 44.0 Å². The zero-order valence-electron chi connectivity index (χ0n) is 12.4. The van der Waals surface area contributed by atoms with Crippen LogP contribution in [-0.2, 0) is 12.3 Å². The molecule has 1 aromatic heterocycles. The molecule has 1 N–H and O–H groups in total. The van der Waals surface area contributed by atoms with E-state index < -0.39 is 0 Å². The van der Waals surface area contributed by atoms with E-state index in [1.54, 1.807) is 0 Å². The lowest BCUT2D eigenvalue weighted by Crippen LogP contribution is -2.21. The predicted molar refractivity (Wildman–Crippen MR) is 87.0 cm³/mol. The highest BCUT2D eigenvalue weighted by atomic mass is 32.2. The van der Waals surface area contributed by atoms with Crippen LogP contribution in [0.2, 0.25) is 0 Å². The average Bonchev–Trinajstić information content (AvgIpc) is 2.45. The highest BCUT2D eigenvalue weighted by molar-refractivity contribution is 7.98. The zero-order chi connectivity index (χ0) is 14.4. The molecule has 0 fully saturated rings. The van der Waals surface area contributed by atoms with Gasteiger partial charge in [-0.1, -0.05) is 32.0 Å². The Balaban J connectivity index is 1.89. The van der Waals surface area contributed by atoms with E-state index in [1.165, 1.54) is 21.7 Å². The quantitative estimate of drug-likeness (QED) is 0.806. The minimum atomic E-state index is 0.524. The molecule has 0 saturated heterocycles. The van der Waals surface area contributed by atoms with Crippen LogP contribution in [-0.4, -0.2) is 11.0 Å². The molecule has 0 radical (unpaired) electrons. The summed E-state index contributed by atoms with van der Waals surface area (Å²) in [5.74, 6) is 0.927. The first-order valence-electron chi connectivity index (χ1n) is 7.01. The van der Waals surface area contributed by atoms with Crippen LogP contribution in [0.5, 0.6) is 0 Å². The number of aryl methyl sites for hydroxylation is 1. The Bertz CT molecular complexity index is 535. The number of nitrogens with zero attached hydrogens (tertiary/aromatic N) is 1. The highest BCUT2D eigenvalue weighted by Crippen LogP contribution is 2.23. The Labute approximate surface area is 126 Å². The van der Waals surface area contributed by atoms with Crippen molar-refractivity contribution in [1.82, 2.24) is 10.3 Å². The van der Waals surface area contributed by atoms with Crippen LogP contribution in [0.4, 0.5) is 0 Å². The zero-order valence-corrected chi connectivity index (χ0v) is 13.2. The number of hydrogen-bond acceptors (Lipinski definition) is 3. The fraction of sp³-hybridized carbons (Fsp3) is 0.353. The van der Waals surface area contributed by atoms with Crippen LogP contribution in [0.3, 0.4) is 0 Å². The molecule has 0 atom stereocenters. The topological polar surface area (TPSA) is 24.9 Å². The highest BCUT2D eigenvalue weighted by Gasteiger charge is 2.01. The lowest BCUT2D eigenvalue weighted by molar-refractivity contribution is 0.588. The second-order valence-corrected chi connectivity index (χ2v) is 6.28. The molecule has 3 heteroatoms. The van der Waals surface area contributed by atoms with Gasteiger partial charge in [0.2, 0.25) is 0 Å². The Morgan fingerprint density at radius 1 is 1.15 bits per heavy atom. The summed E-state index contributed by atoms with van der Waals surface area (Å²) in [4.78, 5) is 5.72. The summed E-state index contributed by atoms with van der Waals surface area (Å²) >= 11 is 1.84. The molecule has 0 aliphatic rings. The average molecular weight is 286 g/mol. The van der Waals surface area contributed by atoms with E-state index in [0.717, 1.165) is 12.3 Å². The van der Waals surface area contributed by atoms with Crippen molar-refractivity contribution in [2.24, 2.45) is 0 Å². The molecule has 2 aromatic rings. The Morgan fingerprint density at radius 2 is 1.90 bits per heavy atom. The van der Waals surface area contributed by atoms with Gasteiger partial charge in [-0.3, -0.25) is 4.98 Å². The number of rotatable bonds is 6. The van der Waals surface area contributed by atoms with Gasteiger partial charge < -0.3 is 5.32 Å². The summed E-state index contributed by atoms with van der Waals surface area (Å²) in [5.41, 5.74) is 3.76. The fourth-order valence-corrected chi connectivity index (χ4v) is 2.78. The SMILES string of the molecule is Cc1cccnc1CSc1ccc(CNC(C)C)cc1. The minimum absolute atomic E-state index is 0.524. The third kappa shape index (κ3) is 4.66. The van der Waals surface area contributed by atoms with Crippen LogP contribution in [0.25, 0.3) is 0 Å². The maximum absolute atomic E-state index is 4.43. The standard InChI is InChI=1S/C17H22N2S/c1-13(2)19-11-15-6-8-16(9-7-15)20-12-17-14(3)5-4-10-18-17/h4-10,13,19H,11-12H2,1-3H3. The van der Waals surface area contributed by atoms with Gasteiger partial charge in [-0.05, 0) is 36.2 Å². The van der Waals surface area contributed by atoms with Crippen molar-refractivity contribution in [2.75, 3.05) is 0 Å². The lowest BCUT2D eigenvalue weighted by atomic mass is 10.2. The van der Waals surface area contributed by atoms with Gasteiger partial charge >= 0.3 is 0 Å². The molecule has 1 aromatic carbocycles. The smallest absolute Gasteiger partial charge is 0.0535 e. The van der Waals surface area contributed by atoms with Gasteiger partial charge in [-0.2, -0.15) is 0 Å². The maximum atomic E-state index is 4.43. The first-order chi connectivity index (χ1) is 9.65. The van der Waals surface area contributed by atoms with Gasteiger partial charge in [0.15, 0.2) is 0 Å². The molecule has 0 aliphatic carbocycles. The molecule has 0 amide bonds. The number of benzene rings is 1. The molecular weight excluding hydrogens is 264 g/mol. The van der Waals surface area contributed by atoms with E-state index in [9.17, 15) is 0 Å². The summed E-state index contributed by atoms with van der Waals surface area (Å²) < 4.78 is 0. The van der Waals surface area contributed by atoms with Gasteiger partial charge in [-0.25, -0.2) is 0 Å². The number of nitrogens with one attached hydrogen (secondary N) is 1. The first-order valence-corrected chi connectivity index (χ1v) is 7.99. The third-order valence-corrected chi connectivity index (χ3v) is 4.15. The van der Waals surface area contributed by atoms with Crippen molar-refractivity contribution in [3.8, 4) is 0 Å². The largest absolute Gasteiger partial charge is 0.310 e. The number of pyridine rings is 1. The summed E-state index contributed by atoms with van der Waals surface area (Å²) in [7, 11) is 0. The van der Waals surface area contributed by atoms with E-state index in [4.69, 9.17) is 0 Å². The van der Waals surface area contributed by atoms with Crippen molar-refractivity contribution >= 4 is 11.8 Å². The van der Waals surface area contributed by atoms with E-state index in [-0.39, 0.29) is 0 Å². The third-order valence-electron chi connectivity index (χ3n) is 3.13. The normalized spacial score (nSPS) is 11.0. The molecular formula is C17H22N2S. The summed E-state index contributed by atoms with van der Waals surface area (Å²) in [6.07, 6.45) is 1.86. The Hall–Kier alpha value is -1.32. The van der Waals surface area contributed by atoms with Crippen molar-refractivity contribution < 1.29 is 0 Å². The molecule has 0 aliphatic heterocycles. The van der Waals surface area contributed by atoms with E-state index >= 15 is 0 Å². The summed E-state index contributed by atoms with van der Waals surface area (Å²) in [6, 6.07) is 13.4. The van der Waals surface area contributed by atoms with E-state index in [0.29, 0.717) is 6.04 Å². The van der Waals surface area contributed by atoms with Crippen LogP contribution in [0, 0.1) is 6.92 Å².